The van der Waals surface area contributed by atoms with E-state index in [-0.39, 0.29) is 49.6 Å². The molecule has 0 saturated carbocycles. The van der Waals surface area contributed by atoms with Gasteiger partial charge >= 0.3 is 0 Å². The van der Waals surface area contributed by atoms with Gasteiger partial charge in [0.2, 0.25) is 17.7 Å². The van der Waals surface area contributed by atoms with Gasteiger partial charge in [-0.25, -0.2) is 4.68 Å². The van der Waals surface area contributed by atoms with E-state index in [1.54, 1.807) is 16.9 Å². The summed E-state index contributed by atoms with van der Waals surface area (Å²) in [6, 6.07) is 1.85. The first kappa shape index (κ1) is 14.2. The summed E-state index contributed by atoms with van der Waals surface area (Å²) < 4.78 is 1.70. The maximum absolute atomic E-state index is 11.9. The molecule has 2 heterocycles. The zero-order chi connectivity index (χ0) is 14.7. The molecule has 1 fully saturated rings. The molecule has 108 valence electrons. The van der Waals surface area contributed by atoms with Crippen molar-refractivity contribution in [3.8, 4) is 0 Å². The quantitative estimate of drug-likeness (QED) is 0.812. The number of aromatic nitrogens is 2. The van der Waals surface area contributed by atoms with Crippen LogP contribution in [-0.4, -0.2) is 38.9 Å². The van der Waals surface area contributed by atoms with Gasteiger partial charge in [0.15, 0.2) is 0 Å². The summed E-state index contributed by atoms with van der Waals surface area (Å²) in [5.74, 6) is -0.0194. The Kier molecular flexibility index (Phi) is 4.16. The molecule has 0 aliphatic carbocycles. The molecule has 0 aromatic carbocycles. The highest BCUT2D eigenvalue weighted by molar-refractivity contribution is 6.02. The van der Waals surface area contributed by atoms with Gasteiger partial charge in [0.25, 0.3) is 0 Å². The second-order valence-electron chi connectivity index (χ2n) is 4.99. The second kappa shape index (κ2) is 5.85. The van der Waals surface area contributed by atoms with Crippen LogP contribution in [0.3, 0.4) is 0 Å². The summed E-state index contributed by atoms with van der Waals surface area (Å²) in [5, 5.41) is 6.85. The number of carbonyl (C=O) groups excluding carboxylic acids is 3. The van der Waals surface area contributed by atoms with Gasteiger partial charge < -0.3 is 5.32 Å². The minimum atomic E-state index is -0.236. The number of hydrogen-bond acceptors (Lipinski definition) is 4. The highest BCUT2D eigenvalue weighted by Gasteiger charge is 2.28. The first-order valence-electron chi connectivity index (χ1n) is 6.65. The molecule has 0 unspecified atom stereocenters. The van der Waals surface area contributed by atoms with Gasteiger partial charge in [0.05, 0.1) is 6.20 Å². The lowest BCUT2D eigenvalue weighted by molar-refractivity contribution is -0.138. The average Bonchev–Trinajstić information content (AvgIpc) is 2.95. The van der Waals surface area contributed by atoms with Crippen molar-refractivity contribution in [3.05, 3.63) is 12.3 Å². The molecule has 2 rings (SSSR count). The molecule has 3 amide bonds. The van der Waals surface area contributed by atoms with Gasteiger partial charge in [0, 0.05) is 37.9 Å². The fourth-order valence-electron chi connectivity index (χ4n) is 2.12. The lowest BCUT2D eigenvalue weighted by atomic mass is 10.3. The van der Waals surface area contributed by atoms with Crippen LogP contribution in [0.5, 0.6) is 0 Å². The van der Waals surface area contributed by atoms with E-state index in [0.717, 1.165) is 4.90 Å². The SMILES string of the molecule is CC(C)n1nccc1NC(=O)CCN1C(=O)CCC1=O. The summed E-state index contributed by atoms with van der Waals surface area (Å²) in [4.78, 5) is 35.8. The predicted molar refractivity (Wildman–Crippen MR) is 71.8 cm³/mol. The van der Waals surface area contributed by atoms with Crippen LogP contribution in [-0.2, 0) is 14.4 Å². The first-order valence-corrected chi connectivity index (χ1v) is 6.65. The molecule has 1 aromatic rings. The number of anilines is 1. The van der Waals surface area contributed by atoms with Crippen molar-refractivity contribution in [2.45, 2.75) is 39.2 Å². The number of likely N-dealkylation sites (tertiary alicyclic amines) is 1. The maximum Gasteiger partial charge on any atom is 0.229 e. The Hall–Kier alpha value is -2.18. The van der Waals surface area contributed by atoms with Crippen LogP contribution in [0.2, 0.25) is 0 Å². The summed E-state index contributed by atoms with van der Waals surface area (Å²) in [5.41, 5.74) is 0. The van der Waals surface area contributed by atoms with Gasteiger partial charge in [-0.3, -0.25) is 19.3 Å². The Labute approximate surface area is 116 Å². The fourth-order valence-corrected chi connectivity index (χ4v) is 2.12. The lowest BCUT2D eigenvalue weighted by Gasteiger charge is -2.14. The number of nitrogens with zero attached hydrogens (tertiary/aromatic N) is 3. The number of rotatable bonds is 5. The van der Waals surface area contributed by atoms with Crippen molar-refractivity contribution in [2.24, 2.45) is 0 Å². The van der Waals surface area contributed by atoms with Crippen LogP contribution < -0.4 is 5.32 Å². The van der Waals surface area contributed by atoms with Crippen LogP contribution in [0.15, 0.2) is 12.3 Å². The van der Waals surface area contributed by atoms with Gasteiger partial charge in [-0.15, -0.1) is 0 Å². The third-order valence-electron chi connectivity index (χ3n) is 3.14. The van der Waals surface area contributed by atoms with Crippen molar-refractivity contribution in [1.29, 1.82) is 0 Å². The molecular formula is C13H18N4O3. The van der Waals surface area contributed by atoms with Crippen molar-refractivity contribution in [2.75, 3.05) is 11.9 Å². The molecule has 7 heteroatoms. The zero-order valence-corrected chi connectivity index (χ0v) is 11.6. The molecule has 1 saturated heterocycles. The molecule has 0 atom stereocenters. The van der Waals surface area contributed by atoms with Crippen molar-refractivity contribution in [1.82, 2.24) is 14.7 Å². The predicted octanol–water partition coefficient (Wildman–Crippen LogP) is 0.942. The number of carbonyl (C=O) groups is 3. The van der Waals surface area contributed by atoms with Crippen LogP contribution in [0.4, 0.5) is 5.82 Å². The molecule has 0 radical (unpaired) electrons. The van der Waals surface area contributed by atoms with E-state index >= 15 is 0 Å². The summed E-state index contributed by atoms with van der Waals surface area (Å²) >= 11 is 0. The third-order valence-corrected chi connectivity index (χ3v) is 3.14. The van der Waals surface area contributed by atoms with E-state index < -0.39 is 0 Å². The monoisotopic (exact) mass is 278 g/mol. The van der Waals surface area contributed by atoms with Crippen molar-refractivity contribution >= 4 is 23.5 Å². The fraction of sp³-hybridized carbons (Fsp3) is 0.538. The number of hydrogen-bond donors (Lipinski definition) is 1. The summed E-state index contributed by atoms with van der Waals surface area (Å²) in [7, 11) is 0. The Bertz CT molecular complexity index is 519. The van der Waals surface area contributed by atoms with E-state index in [9.17, 15) is 14.4 Å². The molecule has 1 aliphatic rings. The molecule has 7 nitrogen and oxygen atoms in total. The number of amides is 3. The van der Waals surface area contributed by atoms with Gasteiger partial charge in [-0.1, -0.05) is 0 Å². The Balaban J connectivity index is 1.88. The molecule has 0 spiro atoms. The molecule has 1 aromatic heterocycles. The lowest BCUT2D eigenvalue weighted by Crippen LogP contribution is -2.32. The van der Waals surface area contributed by atoms with Crippen molar-refractivity contribution < 1.29 is 14.4 Å². The zero-order valence-electron chi connectivity index (χ0n) is 11.6. The van der Waals surface area contributed by atoms with Crippen LogP contribution >= 0.6 is 0 Å². The largest absolute Gasteiger partial charge is 0.311 e. The molecule has 20 heavy (non-hydrogen) atoms. The number of imide groups is 1. The van der Waals surface area contributed by atoms with E-state index in [0.29, 0.717) is 5.82 Å². The second-order valence-corrected chi connectivity index (χ2v) is 4.99. The number of nitrogens with one attached hydrogen (secondary N) is 1. The minimum absolute atomic E-state index is 0.0980. The molecule has 1 aliphatic heterocycles. The Morgan fingerprint density at radius 3 is 2.60 bits per heavy atom. The molecule has 0 bridgehead atoms. The average molecular weight is 278 g/mol. The smallest absolute Gasteiger partial charge is 0.229 e. The van der Waals surface area contributed by atoms with Gasteiger partial charge in [-0.05, 0) is 13.8 Å². The Morgan fingerprint density at radius 1 is 1.35 bits per heavy atom. The summed E-state index contributed by atoms with van der Waals surface area (Å²) in [6.07, 6.45) is 2.21. The van der Waals surface area contributed by atoms with Gasteiger partial charge in [0.1, 0.15) is 5.82 Å². The standard InChI is InChI=1S/C13H18N4O3/c1-9(2)17-10(5-7-14-17)15-11(18)6-8-16-12(19)3-4-13(16)20/h5,7,9H,3-4,6,8H2,1-2H3,(H,15,18). The van der Waals surface area contributed by atoms with E-state index in [1.165, 1.54) is 0 Å². The minimum Gasteiger partial charge on any atom is -0.311 e. The maximum atomic E-state index is 11.9. The van der Waals surface area contributed by atoms with Crippen LogP contribution in [0, 0.1) is 0 Å². The molecular weight excluding hydrogens is 260 g/mol. The van der Waals surface area contributed by atoms with E-state index in [4.69, 9.17) is 0 Å². The van der Waals surface area contributed by atoms with Crippen LogP contribution in [0.1, 0.15) is 39.2 Å². The summed E-state index contributed by atoms with van der Waals surface area (Å²) in [6.45, 7) is 4.06. The van der Waals surface area contributed by atoms with E-state index in [2.05, 4.69) is 10.4 Å². The highest BCUT2D eigenvalue weighted by Crippen LogP contribution is 2.14. The first-order chi connectivity index (χ1) is 9.49. The topological polar surface area (TPSA) is 84.3 Å². The van der Waals surface area contributed by atoms with Crippen molar-refractivity contribution in [3.63, 3.8) is 0 Å². The third kappa shape index (κ3) is 3.04. The molecule has 1 N–H and O–H groups in total. The normalized spacial score (nSPS) is 15.2. The highest BCUT2D eigenvalue weighted by atomic mass is 16.2. The Morgan fingerprint density at radius 2 is 2.00 bits per heavy atom. The van der Waals surface area contributed by atoms with Gasteiger partial charge in [-0.2, -0.15) is 5.10 Å². The van der Waals surface area contributed by atoms with E-state index in [1.807, 2.05) is 13.8 Å². The van der Waals surface area contributed by atoms with Crippen LogP contribution in [0.25, 0.3) is 0 Å².